The van der Waals surface area contributed by atoms with Gasteiger partial charge in [-0.3, -0.25) is 10.1 Å². The molecule has 0 radical (unpaired) electrons. The zero-order valence-electron chi connectivity index (χ0n) is 11.3. The molecule has 0 amide bonds. The molecular formula is C13H19N3O3. The molecule has 0 aromatic heterocycles. The molecule has 1 atom stereocenters. The van der Waals surface area contributed by atoms with Crippen molar-refractivity contribution in [3.05, 3.63) is 28.3 Å². The molecule has 1 saturated heterocycles. The quantitative estimate of drug-likeness (QED) is 0.667. The number of ether oxygens (including phenoxy) is 1. The van der Waals surface area contributed by atoms with Crippen LogP contribution in [0.2, 0.25) is 0 Å². The molecule has 1 fully saturated rings. The molecule has 6 heteroatoms. The van der Waals surface area contributed by atoms with Crippen LogP contribution >= 0.6 is 0 Å². The number of anilines is 1. The number of hydrogen-bond donors (Lipinski definition) is 1. The lowest BCUT2D eigenvalue weighted by Crippen LogP contribution is -2.39. The summed E-state index contributed by atoms with van der Waals surface area (Å²) < 4.78 is 4.99. The van der Waals surface area contributed by atoms with E-state index in [4.69, 9.17) is 4.74 Å². The van der Waals surface area contributed by atoms with Crippen LogP contribution in [-0.2, 0) is 0 Å². The maximum absolute atomic E-state index is 11.0. The molecule has 1 aliphatic rings. The Hall–Kier alpha value is -1.82. The van der Waals surface area contributed by atoms with Gasteiger partial charge < -0.3 is 15.0 Å². The zero-order valence-corrected chi connectivity index (χ0v) is 11.3. The highest BCUT2D eigenvalue weighted by molar-refractivity contribution is 5.58. The second kappa shape index (κ2) is 5.88. The SMILES string of the molecule is COc1ccc(NC2CCCN(C)C2)cc1[N+](=O)[O-]. The molecule has 1 heterocycles. The van der Waals surface area contributed by atoms with Crippen LogP contribution in [0.1, 0.15) is 12.8 Å². The summed E-state index contributed by atoms with van der Waals surface area (Å²) in [5.41, 5.74) is 0.768. The van der Waals surface area contributed by atoms with Crippen LogP contribution in [0.25, 0.3) is 0 Å². The lowest BCUT2D eigenvalue weighted by molar-refractivity contribution is -0.385. The van der Waals surface area contributed by atoms with Crippen molar-refractivity contribution in [3.63, 3.8) is 0 Å². The van der Waals surface area contributed by atoms with Gasteiger partial charge in [-0.05, 0) is 38.6 Å². The fourth-order valence-corrected chi connectivity index (χ4v) is 2.44. The van der Waals surface area contributed by atoms with Gasteiger partial charge in [0, 0.05) is 24.3 Å². The van der Waals surface area contributed by atoms with Crippen molar-refractivity contribution in [2.75, 3.05) is 32.6 Å². The Kier molecular flexibility index (Phi) is 4.21. The summed E-state index contributed by atoms with van der Waals surface area (Å²) in [7, 11) is 3.52. The van der Waals surface area contributed by atoms with Crippen LogP contribution in [0.3, 0.4) is 0 Å². The van der Waals surface area contributed by atoms with E-state index in [1.165, 1.54) is 13.2 Å². The first kappa shape index (κ1) is 13.6. The molecule has 19 heavy (non-hydrogen) atoms. The predicted octanol–water partition coefficient (Wildman–Crippen LogP) is 2.11. The van der Waals surface area contributed by atoms with Gasteiger partial charge in [-0.2, -0.15) is 0 Å². The van der Waals surface area contributed by atoms with Gasteiger partial charge in [-0.15, -0.1) is 0 Å². The number of nitro benzene ring substituents is 1. The summed E-state index contributed by atoms with van der Waals surface area (Å²) in [6, 6.07) is 5.33. The minimum Gasteiger partial charge on any atom is -0.490 e. The summed E-state index contributed by atoms with van der Waals surface area (Å²) in [6.07, 6.45) is 2.23. The molecule has 1 aliphatic heterocycles. The van der Waals surface area contributed by atoms with E-state index in [1.807, 2.05) is 6.07 Å². The topological polar surface area (TPSA) is 67.6 Å². The number of nitrogens with one attached hydrogen (secondary N) is 1. The van der Waals surface area contributed by atoms with Crippen molar-refractivity contribution in [1.82, 2.24) is 4.90 Å². The van der Waals surface area contributed by atoms with E-state index < -0.39 is 4.92 Å². The average Bonchev–Trinajstić information content (AvgIpc) is 2.38. The van der Waals surface area contributed by atoms with Gasteiger partial charge in [-0.1, -0.05) is 0 Å². The smallest absolute Gasteiger partial charge is 0.312 e. The van der Waals surface area contributed by atoms with E-state index in [9.17, 15) is 10.1 Å². The minimum absolute atomic E-state index is 0.00309. The molecule has 0 saturated carbocycles. The normalized spacial score (nSPS) is 20.0. The number of likely N-dealkylation sites (N-methyl/N-ethyl adjacent to an activating group) is 1. The maximum atomic E-state index is 11.0. The predicted molar refractivity (Wildman–Crippen MR) is 73.8 cm³/mol. The Morgan fingerprint density at radius 3 is 2.95 bits per heavy atom. The first-order valence-corrected chi connectivity index (χ1v) is 6.37. The van der Waals surface area contributed by atoms with Crippen molar-refractivity contribution in [3.8, 4) is 5.75 Å². The number of hydrogen-bond acceptors (Lipinski definition) is 5. The van der Waals surface area contributed by atoms with Gasteiger partial charge in [0.2, 0.25) is 0 Å². The molecular weight excluding hydrogens is 246 g/mol. The van der Waals surface area contributed by atoms with Crippen molar-refractivity contribution in [1.29, 1.82) is 0 Å². The standard InChI is InChI=1S/C13H19N3O3/c1-15-7-3-4-11(9-15)14-10-5-6-13(19-2)12(8-10)16(17)18/h5-6,8,11,14H,3-4,7,9H2,1-2H3. The maximum Gasteiger partial charge on any atom is 0.312 e. The van der Waals surface area contributed by atoms with Crippen LogP contribution in [0.4, 0.5) is 11.4 Å². The molecule has 1 aromatic carbocycles. The molecule has 0 bridgehead atoms. The van der Waals surface area contributed by atoms with E-state index in [1.54, 1.807) is 6.07 Å². The van der Waals surface area contributed by atoms with E-state index in [0.717, 1.165) is 31.6 Å². The number of methoxy groups -OCH3 is 1. The summed E-state index contributed by atoms with van der Waals surface area (Å²) in [5, 5.41) is 14.3. The molecule has 1 N–H and O–H groups in total. The minimum atomic E-state index is -0.420. The van der Waals surface area contributed by atoms with Gasteiger partial charge in [0.05, 0.1) is 12.0 Å². The monoisotopic (exact) mass is 265 g/mol. The van der Waals surface area contributed by atoms with Crippen molar-refractivity contribution >= 4 is 11.4 Å². The second-order valence-electron chi connectivity index (χ2n) is 4.89. The van der Waals surface area contributed by atoms with Crippen molar-refractivity contribution in [2.24, 2.45) is 0 Å². The molecule has 1 aromatic rings. The summed E-state index contributed by atoms with van der Waals surface area (Å²) in [5.74, 6) is 0.288. The van der Waals surface area contributed by atoms with Gasteiger partial charge in [0.25, 0.3) is 0 Å². The third-order valence-electron chi connectivity index (χ3n) is 3.37. The number of rotatable bonds is 4. The van der Waals surface area contributed by atoms with Gasteiger partial charge >= 0.3 is 5.69 Å². The van der Waals surface area contributed by atoms with Crippen LogP contribution in [0, 0.1) is 10.1 Å². The largest absolute Gasteiger partial charge is 0.490 e. The second-order valence-corrected chi connectivity index (χ2v) is 4.89. The highest BCUT2D eigenvalue weighted by atomic mass is 16.6. The Morgan fingerprint density at radius 1 is 1.53 bits per heavy atom. The number of benzene rings is 1. The molecule has 1 unspecified atom stereocenters. The number of likely N-dealkylation sites (tertiary alicyclic amines) is 1. The highest BCUT2D eigenvalue weighted by Crippen LogP contribution is 2.30. The van der Waals surface area contributed by atoms with E-state index in [-0.39, 0.29) is 11.4 Å². The third kappa shape index (κ3) is 3.35. The molecule has 6 nitrogen and oxygen atoms in total. The zero-order chi connectivity index (χ0) is 13.8. The molecule has 104 valence electrons. The third-order valence-corrected chi connectivity index (χ3v) is 3.37. The highest BCUT2D eigenvalue weighted by Gasteiger charge is 2.19. The fourth-order valence-electron chi connectivity index (χ4n) is 2.44. The van der Waals surface area contributed by atoms with E-state index >= 15 is 0 Å². The van der Waals surface area contributed by atoms with Crippen LogP contribution in [-0.4, -0.2) is 43.1 Å². The number of piperidine rings is 1. The van der Waals surface area contributed by atoms with Crippen LogP contribution < -0.4 is 10.1 Å². The Bertz CT molecular complexity index is 464. The lowest BCUT2D eigenvalue weighted by atomic mass is 10.1. The Balaban J connectivity index is 2.12. The van der Waals surface area contributed by atoms with Gasteiger partial charge in [-0.25, -0.2) is 0 Å². The molecule has 0 spiro atoms. The molecule has 2 rings (SSSR count). The number of nitro groups is 1. The summed E-state index contributed by atoms with van der Waals surface area (Å²) in [4.78, 5) is 12.8. The number of nitrogens with zero attached hydrogens (tertiary/aromatic N) is 2. The fraction of sp³-hybridized carbons (Fsp3) is 0.538. The van der Waals surface area contributed by atoms with E-state index in [0.29, 0.717) is 6.04 Å². The van der Waals surface area contributed by atoms with Gasteiger partial charge in [0.1, 0.15) is 0 Å². The molecule has 0 aliphatic carbocycles. The van der Waals surface area contributed by atoms with Crippen molar-refractivity contribution < 1.29 is 9.66 Å². The Labute approximate surface area is 112 Å². The van der Waals surface area contributed by atoms with Crippen molar-refractivity contribution in [2.45, 2.75) is 18.9 Å². The summed E-state index contributed by atoms with van der Waals surface area (Å²) in [6.45, 7) is 2.07. The van der Waals surface area contributed by atoms with Crippen LogP contribution in [0.5, 0.6) is 5.75 Å². The van der Waals surface area contributed by atoms with E-state index in [2.05, 4.69) is 17.3 Å². The first-order chi connectivity index (χ1) is 9.10. The van der Waals surface area contributed by atoms with Gasteiger partial charge in [0.15, 0.2) is 5.75 Å². The lowest BCUT2D eigenvalue weighted by Gasteiger charge is -2.30. The average molecular weight is 265 g/mol. The summed E-state index contributed by atoms with van der Waals surface area (Å²) >= 11 is 0. The first-order valence-electron chi connectivity index (χ1n) is 6.37. The van der Waals surface area contributed by atoms with Crippen LogP contribution in [0.15, 0.2) is 18.2 Å². The Morgan fingerprint density at radius 2 is 2.32 bits per heavy atom.